The smallest absolute Gasteiger partial charge is 0.341 e. The standard InChI is InChI=1S/C12H11NO3/c1-8-4-5-13-11-3-2-9(6-10(8)11)16-7-12(14)15/h2-6H,7H2,1H3,(H,14,15). The van der Waals surface area contributed by atoms with E-state index in [9.17, 15) is 4.79 Å². The van der Waals surface area contributed by atoms with Crippen molar-refractivity contribution < 1.29 is 14.6 Å². The lowest BCUT2D eigenvalue weighted by molar-refractivity contribution is -0.139. The molecule has 0 saturated carbocycles. The molecule has 0 fully saturated rings. The van der Waals surface area contributed by atoms with E-state index >= 15 is 0 Å². The van der Waals surface area contributed by atoms with Crippen LogP contribution in [0, 0.1) is 6.92 Å². The predicted octanol–water partition coefficient (Wildman–Crippen LogP) is 2.01. The lowest BCUT2D eigenvalue weighted by atomic mass is 10.1. The number of rotatable bonds is 3. The molecular formula is C12H11NO3. The van der Waals surface area contributed by atoms with Gasteiger partial charge in [0.15, 0.2) is 6.61 Å². The first-order valence-electron chi connectivity index (χ1n) is 4.87. The molecule has 0 spiro atoms. The van der Waals surface area contributed by atoms with Gasteiger partial charge in [-0.1, -0.05) is 0 Å². The molecule has 1 N–H and O–H groups in total. The number of aryl methyl sites for hydroxylation is 1. The lowest BCUT2D eigenvalue weighted by Gasteiger charge is -2.05. The number of carboxylic acids is 1. The van der Waals surface area contributed by atoms with Crippen LogP contribution in [-0.4, -0.2) is 22.7 Å². The van der Waals surface area contributed by atoms with Gasteiger partial charge in [-0.2, -0.15) is 0 Å². The van der Waals surface area contributed by atoms with E-state index in [-0.39, 0.29) is 6.61 Å². The molecule has 2 aromatic rings. The number of fused-ring (bicyclic) bond motifs is 1. The molecule has 0 aliphatic carbocycles. The van der Waals surface area contributed by atoms with E-state index in [1.807, 2.05) is 19.1 Å². The van der Waals surface area contributed by atoms with Gasteiger partial charge in [0.1, 0.15) is 5.75 Å². The van der Waals surface area contributed by atoms with E-state index in [4.69, 9.17) is 9.84 Å². The van der Waals surface area contributed by atoms with Crippen LogP contribution in [0.4, 0.5) is 0 Å². The topological polar surface area (TPSA) is 59.4 Å². The molecule has 1 aromatic carbocycles. The van der Waals surface area contributed by atoms with Crippen molar-refractivity contribution in [3.8, 4) is 5.75 Å². The van der Waals surface area contributed by atoms with Gasteiger partial charge < -0.3 is 9.84 Å². The Morgan fingerprint density at radius 3 is 3.00 bits per heavy atom. The molecule has 82 valence electrons. The molecule has 0 radical (unpaired) electrons. The summed E-state index contributed by atoms with van der Waals surface area (Å²) in [7, 11) is 0. The molecule has 0 aliphatic rings. The molecule has 0 bridgehead atoms. The van der Waals surface area contributed by atoms with Gasteiger partial charge in [0.05, 0.1) is 5.52 Å². The minimum absolute atomic E-state index is 0.329. The summed E-state index contributed by atoms with van der Waals surface area (Å²) < 4.78 is 5.10. The fourth-order valence-electron chi connectivity index (χ4n) is 1.50. The fraction of sp³-hybridized carbons (Fsp3) is 0.167. The molecule has 4 heteroatoms. The number of benzene rings is 1. The molecule has 0 amide bonds. The van der Waals surface area contributed by atoms with E-state index in [0.717, 1.165) is 16.5 Å². The molecule has 4 nitrogen and oxygen atoms in total. The number of hydrogen-bond acceptors (Lipinski definition) is 3. The van der Waals surface area contributed by atoms with Crippen LogP contribution < -0.4 is 4.74 Å². The highest BCUT2D eigenvalue weighted by Gasteiger charge is 2.02. The molecule has 0 saturated heterocycles. The molecule has 2 rings (SSSR count). The van der Waals surface area contributed by atoms with Crippen molar-refractivity contribution in [3.63, 3.8) is 0 Å². The Morgan fingerprint density at radius 1 is 1.44 bits per heavy atom. The zero-order valence-electron chi connectivity index (χ0n) is 8.80. The maximum Gasteiger partial charge on any atom is 0.341 e. The Kier molecular flexibility index (Phi) is 2.72. The number of ether oxygens (including phenoxy) is 1. The van der Waals surface area contributed by atoms with Crippen molar-refractivity contribution in [1.29, 1.82) is 0 Å². The number of carboxylic acid groups (broad SMARTS) is 1. The van der Waals surface area contributed by atoms with E-state index in [2.05, 4.69) is 4.98 Å². The fourth-order valence-corrected chi connectivity index (χ4v) is 1.50. The van der Waals surface area contributed by atoms with Crippen LogP contribution in [0.5, 0.6) is 5.75 Å². The molecule has 1 aromatic heterocycles. The lowest BCUT2D eigenvalue weighted by Crippen LogP contribution is -2.09. The normalized spacial score (nSPS) is 10.3. The van der Waals surface area contributed by atoms with Gasteiger partial charge >= 0.3 is 5.97 Å². The Labute approximate surface area is 92.5 Å². The van der Waals surface area contributed by atoms with E-state index < -0.39 is 5.97 Å². The van der Waals surface area contributed by atoms with E-state index in [1.165, 1.54) is 0 Å². The Morgan fingerprint density at radius 2 is 2.25 bits per heavy atom. The monoisotopic (exact) mass is 217 g/mol. The predicted molar refractivity (Wildman–Crippen MR) is 59.6 cm³/mol. The zero-order valence-corrected chi connectivity index (χ0v) is 8.80. The van der Waals surface area contributed by atoms with Gasteiger partial charge in [0.25, 0.3) is 0 Å². The van der Waals surface area contributed by atoms with Crippen molar-refractivity contribution in [1.82, 2.24) is 4.98 Å². The van der Waals surface area contributed by atoms with Gasteiger partial charge in [-0.15, -0.1) is 0 Å². The average Bonchev–Trinajstić information content (AvgIpc) is 2.27. The molecule has 0 atom stereocenters. The Bertz CT molecular complexity index is 537. The SMILES string of the molecule is Cc1ccnc2ccc(OCC(=O)O)cc12. The summed E-state index contributed by atoms with van der Waals surface area (Å²) >= 11 is 0. The maximum atomic E-state index is 10.4. The minimum atomic E-state index is -0.983. The first-order valence-corrected chi connectivity index (χ1v) is 4.87. The number of aliphatic carboxylic acids is 1. The van der Waals surface area contributed by atoms with Gasteiger partial charge in [-0.05, 0) is 36.8 Å². The molecule has 16 heavy (non-hydrogen) atoms. The Hall–Kier alpha value is -2.10. The quantitative estimate of drug-likeness (QED) is 0.854. The first kappa shape index (κ1) is 10.4. The third-order valence-corrected chi connectivity index (χ3v) is 2.29. The van der Waals surface area contributed by atoms with Crippen molar-refractivity contribution >= 4 is 16.9 Å². The Balaban J connectivity index is 2.35. The summed E-state index contributed by atoms with van der Waals surface area (Å²) in [6.07, 6.45) is 1.75. The number of aromatic nitrogens is 1. The highest BCUT2D eigenvalue weighted by Crippen LogP contribution is 2.21. The van der Waals surface area contributed by atoms with Gasteiger partial charge in [-0.25, -0.2) is 4.79 Å². The van der Waals surface area contributed by atoms with E-state index in [1.54, 1.807) is 18.3 Å². The molecule has 1 heterocycles. The van der Waals surface area contributed by atoms with Crippen LogP contribution in [0.1, 0.15) is 5.56 Å². The van der Waals surface area contributed by atoms with Gasteiger partial charge in [0.2, 0.25) is 0 Å². The summed E-state index contributed by atoms with van der Waals surface area (Å²) in [5, 5.41) is 9.48. The molecule has 0 aliphatic heterocycles. The molecule has 0 unspecified atom stereocenters. The van der Waals surface area contributed by atoms with Crippen molar-refractivity contribution in [2.24, 2.45) is 0 Å². The maximum absolute atomic E-state index is 10.4. The minimum Gasteiger partial charge on any atom is -0.482 e. The first-order chi connectivity index (χ1) is 7.66. The summed E-state index contributed by atoms with van der Waals surface area (Å²) in [6, 6.07) is 7.25. The number of carbonyl (C=O) groups is 1. The largest absolute Gasteiger partial charge is 0.482 e. The number of hydrogen-bond donors (Lipinski definition) is 1. The number of nitrogens with zero attached hydrogens (tertiary/aromatic N) is 1. The van der Waals surface area contributed by atoms with Crippen LogP contribution in [0.25, 0.3) is 10.9 Å². The van der Waals surface area contributed by atoms with Crippen molar-refractivity contribution in [2.45, 2.75) is 6.92 Å². The van der Waals surface area contributed by atoms with Crippen LogP contribution in [0.2, 0.25) is 0 Å². The highest BCUT2D eigenvalue weighted by molar-refractivity contribution is 5.83. The summed E-state index contributed by atoms with van der Waals surface area (Å²) in [5.74, 6) is -0.436. The zero-order chi connectivity index (χ0) is 11.5. The second kappa shape index (κ2) is 4.18. The van der Waals surface area contributed by atoms with Crippen LogP contribution in [-0.2, 0) is 4.79 Å². The van der Waals surface area contributed by atoms with E-state index in [0.29, 0.717) is 5.75 Å². The summed E-state index contributed by atoms with van der Waals surface area (Å²) in [4.78, 5) is 14.6. The van der Waals surface area contributed by atoms with Crippen LogP contribution >= 0.6 is 0 Å². The number of pyridine rings is 1. The summed E-state index contributed by atoms with van der Waals surface area (Å²) in [6.45, 7) is 1.65. The second-order valence-electron chi connectivity index (χ2n) is 3.49. The third-order valence-electron chi connectivity index (χ3n) is 2.29. The van der Waals surface area contributed by atoms with Gasteiger partial charge in [-0.3, -0.25) is 4.98 Å². The van der Waals surface area contributed by atoms with Crippen LogP contribution in [0.3, 0.4) is 0 Å². The van der Waals surface area contributed by atoms with Crippen molar-refractivity contribution in [2.75, 3.05) is 6.61 Å². The highest BCUT2D eigenvalue weighted by atomic mass is 16.5. The summed E-state index contributed by atoms with van der Waals surface area (Å²) in [5.41, 5.74) is 1.97. The molecular weight excluding hydrogens is 206 g/mol. The second-order valence-corrected chi connectivity index (χ2v) is 3.49. The average molecular weight is 217 g/mol. The van der Waals surface area contributed by atoms with Gasteiger partial charge in [0, 0.05) is 11.6 Å². The van der Waals surface area contributed by atoms with Crippen molar-refractivity contribution in [3.05, 3.63) is 36.0 Å². The third kappa shape index (κ3) is 2.11. The van der Waals surface area contributed by atoms with Crippen LogP contribution in [0.15, 0.2) is 30.5 Å².